The smallest absolute Gasteiger partial charge is 0.328 e. The topological polar surface area (TPSA) is 115 Å². The first-order chi connectivity index (χ1) is 10.4. The van der Waals surface area contributed by atoms with Gasteiger partial charge in [0.05, 0.1) is 11.1 Å². The molecule has 1 atom stereocenters. The van der Waals surface area contributed by atoms with Gasteiger partial charge < -0.3 is 5.11 Å². The summed E-state index contributed by atoms with van der Waals surface area (Å²) in [5.41, 5.74) is 1.27. The van der Waals surface area contributed by atoms with E-state index in [1.54, 1.807) is 18.3 Å². The summed E-state index contributed by atoms with van der Waals surface area (Å²) in [5.74, 6) is -0.795. The van der Waals surface area contributed by atoms with Crippen LogP contribution in [-0.2, 0) is 14.8 Å². The molecule has 1 aliphatic rings. The molecule has 0 saturated heterocycles. The van der Waals surface area contributed by atoms with Crippen LogP contribution in [0.3, 0.4) is 0 Å². The van der Waals surface area contributed by atoms with Gasteiger partial charge in [-0.05, 0) is 36.5 Å². The van der Waals surface area contributed by atoms with Crippen LogP contribution in [0.15, 0.2) is 41.6 Å². The van der Waals surface area contributed by atoms with E-state index in [0.29, 0.717) is 11.1 Å². The lowest BCUT2D eigenvalue weighted by molar-refractivity contribution is -0.141. The molecule has 22 heavy (non-hydrogen) atoms. The average molecular weight is 321 g/mol. The lowest BCUT2D eigenvalue weighted by Gasteiger charge is -2.11. The molecule has 1 unspecified atom stereocenters. The Morgan fingerprint density at radius 3 is 2.68 bits per heavy atom. The second kappa shape index (κ2) is 5.22. The minimum atomic E-state index is -3.78. The van der Waals surface area contributed by atoms with Crippen LogP contribution in [0, 0.1) is 5.92 Å². The highest BCUT2D eigenvalue weighted by atomic mass is 32.2. The summed E-state index contributed by atoms with van der Waals surface area (Å²) in [5, 5.41) is 18.6. The maximum atomic E-state index is 11.4. The molecule has 3 rings (SSSR count). The lowest BCUT2D eigenvalue weighted by Crippen LogP contribution is -2.21. The van der Waals surface area contributed by atoms with Crippen molar-refractivity contribution in [3.63, 3.8) is 0 Å². The largest absolute Gasteiger partial charge is 0.480 e. The Hall–Kier alpha value is -2.19. The number of sulfonamides is 1. The zero-order valence-electron chi connectivity index (χ0n) is 11.6. The number of carbonyl (C=O) groups is 1. The highest BCUT2D eigenvalue weighted by Gasteiger charge is 2.38. The summed E-state index contributed by atoms with van der Waals surface area (Å²) in [6.07, 6.45) is 4.92. The zero-order chi connectivity index (χ0) is 15.9. The van der Waals surface area contributed by atoms with Gasteiger partial charge in [-0.25, -0.2) is 18.4 Å². The third-order valence-electron chi connectivity index (χ3n) is 3.70. The Morgan fingerprint density at radius 2 is 2.09 bits per heavy atom. The predicted octanol–water partition coefficient (Wildman–Crippen LogP) is 1.23. The Morgan fingerprint density at radius 1 is 1.36 bits per heavy atom. The highest BCUT2D eigenvalue weighted by Crippen LogP contribution is 2.40. The Labute approximate surface area is 127 Å². The molecule has 0 aliphatic heterocycles. The fourth-order valence-corrected chi connectivity index (χ4v) is 2.99. The van der Waals surface area contributed by atoms with Crippen LogP contribution in [-0.4, -0.2) is 29.3 Å². The van der Waals surface area contributed by atoms with Crippen LogP contribution < -0.4 is 5.14 Å². The van der Waals surface area contributed by atoms with Crippen molar-refractivity contribution in [2.24, 2.45) is 11.1 Å². The van der Waals surface area contributed by atoms with Gasteiger partial charge in [-0.2, -0.15) is 5.10 Å². The van der Waals surface area contributed by atoms with E-state index in [1.165, 1.54) is 23.0 Å². The van der Waals surface area contributed by atoms with E-state index in [-0.39, 0.29) is 10.8 Å². The van der Waals surface area contributed by atoms with Gasteiger partial charge in [0.1, 0.15) is 0 Å². The van der Waals surface area contributed by atoms with E-state index in [0.717, 1.165) is 12.8 Å². The fourth-order valence-electron chi connectivity index (χ4n) is 2.43. The summed E-state index contributed by atoms with van der Waals surface area (Å²) in [6.45, 7) is 0. The Kier molecular flexibility index (Phi) is 3.50. The first kappa shape index (κ1) is 14.7. The van der Waals surface area contributed by atoms with Crippen molar-refractivity contribution in [1.29, 1.82) is 0 Å². The van der Waals surface area contributed by atoms with Crippen molar-refractivity contribution >= 4 is 16.0 Å². The molecule has 1 aliphatic carbocycles. The Balaban J connectivity index is 1.95. The number of aliphatic carboxylic acids is 1. The highest BCUT2D eigenvalue weighted by molar-refractivity contribution is 7.89. The monoisotopic (exact) mass is 321 g/mol. The van der Waals surface area contributed by atoms with Gasteiger partial charge in [-0.15, -0.1) is 0 Å². The number of aromatic nitrogens is 2. The molecule has 1 saturated carbocycles. The van der Waals surface area contributed by atoms with Gasteiger partial charge in [0.15, 0.2) is 6.04 Å². The van der Waals surface area contributed by atoms with Crippen molar-refractivity contribution in [3.8, 4) is 11.1 Å². The SMILES string of the molecule is NS(=O)(=O)c1cccc(-c2cnn(C(C(=O)O)C3CC3)c2)c1. The van der Waals surface area contributed by atoms with Gasteiger partial charge >= 0.3 is 5.97 Å². The number of carboxylic acids is 1. The maximum Gasteiger partial charge on any atom is 0.328 e. The number of hydrogen-bond donors (Lipinski definition) is 2. The van der Waals surface area contributed by atoms with Gasteiger partial charge in [-0.1, -0.05) is 12.1 Å². The zero-order valence-corrected chi connectivity index (χ0v) is 12.4. The molecule has 0 bridgehead atoms. The van der Waals surface area contributed by atoms with E-state index in [9.17, 15) is 18.3 Å². The molecule has 1 aromatic heterocycles. The third kappa shape index (κ3) is 2.88. The number of hydrogen-bond acceptors (Lipinski definition) is 4. The molecule has 116 valence electrons. The first-order valence-electron chi connectivity index (χ1n) is 6.76. The van der Waals surface area contributed by atoms with Crippen LogP contribution in [0.25, 0.3) is 11.1 Å². The Bertz CT molecular complexity index is 824. The molecule has 8 heteroatoms. The normalized spacial score (nSPS) is 16.4. The van der Waals surface area contributed by atoms with Crippen molar-refractivity contribution in [2.75, 3.05) is 0 Å². The maximum absolute atomic E-state index is 11.4. The molecule has 0 radical (unpaired) electrons. The van der Waals surface area contributed by atoms with E-state index >= 15 is 0 Å². The fraction of sp³-hybridized carbons (Fsp3) is 0.286. The van der Waals surface area contributed by atoms with Gasteiger partial charge in [0.25, 0.3) is 0 Å². The van der Waals surface area contributed by atoms with Gasteiger partial charge in [0, 0.05) is 11.8 Å². The number of nitrogens with two attached hydrogens (primary N) is 1. The molecular formula is C14H15N3O4S. The molecule has 1 heterocycles. The van der Waals surface area contributed by atoms with Crippen molar-refractivity contribution in [1.82, 2.24) is 9.78 Å². The van der Waals surface area contributed by atoms with Crippen LogP contribution >= 0.6 is 0 Å². The molecular weight excluding hydrogens is 306 g/mol. The number of rotatable bonds is 5. The number of primary sulfonamides is 1. The molecule has 3 N–H and O–H groups in total. The summed E-state index contributed by atoms with van der Waals surface area (Å²) in [7, 11) is -3.78. The summed E-state index contributed by atoms with van der Waals surface area (Å²) in [6, 6.07) is 5.50. The minimum Gasteiger partial charge on any atom is -0.480 e. The van der Waals surface area contributed by atoms with Crippen molar-refractivity contribution < 1.29 is 18.3 Å². The van der Waals surface area contributed by atoms with Crippen LogP contribution in [0.5, 0.6) is 0 Å². The van der Waals surface area contributed by atoms with E-state index < -0.39 is 22.0 Å². The summed E-state index contributed by atoms with van der Waals surface area (Å²) < 4.78 is 24.2. The van der Waals surface area contributed by atoms with E-state index in [1.807, 2.05) is 0 Å². The van der Waals surface area contributed by atoms with Crippen molar-refractivity contribution in [2.45, 2.75) is 23.8 Å². The third-order valence-corrected chi connectivity index (χ3v) is 4.61. The van der Waals surface area contributed by atoms with E-state index in [2.05, 4.69) is 5.10 Å². The molecule has 1 fully saturated rings. The molecule has 1 aromatic carbocycles. The molecule has 2 aromatic rings. The molecule has 7 nitrogen and oxygen atoms in total. The lowest BCUT2D eigenvalue weighted by atomic mass is 10.1. The van der Waals surface area contributed by atoms with Crippen LogP contribution in [0.4, 0.5) is 0 Å². The number of benzene rings is 1. The van der Waals surface area contributed by atoms with Crippen LogP contribution in [0.2, 0.25) is 0 Å². The minimum absolute atomic E-state index is 0.00901. The van der Waals surface area contributed by atoms with Gasteiger partial charge in [-0.3, -0.25) is 4.68 Å². The summed E-state index contributed by atoms with van der Waals surface area (Å²) in [4.78, 5) is 11.4. The standard InChI is InChI=1S/C14H15N3O4S/c15-22(20,21)12-3-1-2-10(6-12)11-7-16-17(8-11)13(14(18)19)9-4-5-9/h1-3,6-9,13H,4-5H2,(H,18,19)(H2,15,20,21). The molecule has 0 amide bonds. The predicted molar refractivity (Wildman–Crippen MR) is 78.4 cm³/mol. The van der Waals surface area contributed by atoms with E-state index in [4.69, 9.17) is 5.14 Å². The number of nitrogens with zero attached hydrogens (tertiary/aromatic N) is 2. The van der Waals surface area contributed by atoms with Crippen molar-refractivity contribution in [3.05, 3.63) is 36.7 Å². The van der Waals surface area contributed by atoms with Gasteiger partial charge in [0.2, 0.25) is 10.0 Å². The summed E-state index contributed by atoms with van der Waals surface area (Å²) >= 11 is 0. The first-order valence-corrected chi connectivity index (χ1v) is 8.31. The van der Waals surface area contributed by atoms with Crippen LogP contribution in [0.1, 0.15) is 18.9 Å². The molecule has 0 spiro atoms. The quantitative estimate of drug-likeness (QED) is 0.859. The second-order valence-electron chi connectivity index (χ2n) is 5.40. The number of carboxylic acid groups (broad SMARTS) is 1. The second-order valence-corrected chi connectivity index (χ2v) is 6.96. The average Bonchev–Trinajstić information content (AvgIpc) is 3.14.